The molecule has 0 heterocycles. The van der Waals surface area contributed by atoms with Gasteiger partial charge in [-0.1, -0.05) is 65.7 Å². The predicted octanol–water partition coefficient (Wildman–Crippen LogP) is 3.59. The molecule has 8 N–H and O–H groups in total. The summed E-state index contributed by atoms with van der Waals surface area (Å²) in [6, 6.07) is -0.432. The first-order valence-corrected chi connectivity index (χ1v) is 17.3. The third-order valence-corrected chi connectivity index (χ3v) is 8.60. The van der Waals surface area contributed by atoms with Crippen molar-refractivity contribution in [2.45, 2.75) is 154 Å². The summed E-state index contributed by atoms with van der Waals surface area (Å²) >= 11 is 0. The number of carbonyl (C=O) groups is 6. The van der Waals surface area contributed by atoms with Crippen LogP contribution in [0.25, 0.3) is 0 Å². The van der Waals surface area contributed by atoms with Crippen LogP contribution in [0.1, 0.15) is 124 Å². The van der Waals surface area contributed by atoms with E-state index in [1.165, 1.54) is 0 Å². The predicted molar refractivity (Wildman–Crippen MR) is 176 cm³/mol. The molecule has 0 aromatic rings. The van der Waals surface area contributed by atoms with Gasteiger partial charge in [0, 0.05) is 12.5 Å². The number of hydrogen-bond donors (Lipinski definition) is 7. The highest BCUT2D eigenvalue weighted by atomic mass is 16.8. The van der Waals surface area contributed by atoms with E-state index in [1.807, 2.05) is 13.8 Å². The topological polar surface area (TPSA) is 268 Å². The Morgan fingerprint density at radius 1 is 0.633 bits per heavy atom. The molecule has 15 nitrogen and oxygen atoms in total. The molecule has 9 atom stereocenters. The first kappa shape index (κ1) is 45.7. The van der Waals surface area contributed by atoms with Gasteiger partial charge in [0.25, 0.3) is 0 Å². The largest absolute Gasteiger partial charge is 0.481 e. The Bertz CT molecular complexity index is 1030. The number of esters is 2. The Balaban J connectivity index is 5.84. The van der Waals surface area contributed by atoms with Crippen LogP contribution in [0.3, 0.4) is 0 Å². The van der Waals surface area contributed by atoms with E-state index in [0.717, 1.165) is 38.5 Å². The second-order valence-electron chi connectivity index (χ2n) is 13.4. The molecule has 0 saturated carbocycles. The van der Waals surface area contributed by atoms with Gasteiger partial charge in [0.2, 0.25) is 0 Å². The number of aliphatic carboxylic acids is 4. The van der Waals surface area contributed by atoms with E-state index >= 15 is 0 Å². The summed E-state index contributed by atoms with van der Waals surface area (Å²) in [4.78, 5) is 71.6. The molecule has 0 aliphatic carbocycles. The summed E-state index contributed by atoms with van der Waals surface area (Å²) in [5.74, 6) is -11.3. The minimum atomic E-state index is -1.55. The minimum Gasteiger partial charge on any atom is -0.481 e. The Labute approximate surface area is 288 Å². The lowest BCUT2D eigenvalue weighted by atomic mass is 10.9. The Kier molecular flexibility index (Phi) is 23.1. The van der Waals surface area contributed by atoms with Crippen molar-refractivity contribution in [2.24, 2.45) is 29.4 Å². The number of aliphatic hydroxyl groups excluding tert-OH is 2. The standard InChI is InChI=1S/C34H59NO14/c1-5-6-12-21(3)32(49-31(43)18-24(34(46)47)16-29(40)41)27(48-30(42)17-23(33(44)45)15-28(38)39)14-20(2)11-9-7-8-10-13-25(36)19-26(37)22(4)35/h20-27,32,36-37H,5-19,35H2,1-4H3,(H,38,39)(H,40,41)(H,44,45)(H,46,47)/t20-,21+,22-,23-,24-,25-,26-,27-,32-/m1/s1/i1+1,2+1,3+1,4+1,5+1,6+1,7+1,8+1,9+1,10+1,11+1,12+1,13+1,14+1,15+1,16+1,17+1,18+1,19+1,20+1,21+1,22+1,23+1,24+1,25+1,26+1,27+1,28+1,29+1,30+1,31+1,32+1,33+1,34+1. The van der Waals surface area contributed by atoms with E-state index in [2.05, 4.69) is 0 Å². The SMILES string of the molecule is [13CH3][13CH2][13CH2][13CH2][13C@H]([13CH3])[13C@@H](O[13C](=O)[13CH2][13C@@H]([13CH2][13C](=O)O)[13C](=O)O)[13C@@H]([13CH2][13C@H]([13CH3])[13CH2][13CH2][13CH2][13CH2][13CH2][13CH2][13C@@H](O)[13CH2][13C@@H](O)[13C@@H]([13CH3])N)O[13C](=O)[13CH2][13C@@H]([13CH2][13C](=O)O)[13C](=O)O. The van der Waals surface area contributed by atoms with E-state index in [1.54, 1.807) is 13.8 Å². The summed E-state index contributed by atoms with van der Waals surface area (Å²) in [7, 11) is 0. The van der Waals surface area contributed by atoms with E-state index in [-0.39, 0.29) is 18.8 Å². The molecule has 0 aliphatic heterocycles. The Morgan fingerprint density at radius 2 is 1.12 bits per heavy atom. The van der Waals surface area contributed by atoms with Gasteiger partial charge >= 0.3 is 35.8 Å². The second-order valence-corrected chi connectivity index (χ2v) is 13.4. The van der Waals surface area contributed by atoms with Crippen LogP contribution in [0.15, 0.2) is 0 Å². The molecule has 0 aliphatic rings. The van der Waals surface area contributed by atoms with Gasteiger partial charge in [-0.25, -0.2) is 0 Å². The second kappa shape index (κ2) is 24.8. The fraction of sp³-hybridized carbons (Fsp3) is 0.824. The van der Waals surface area contributed by atoms with Crippen molar-refractivity contribution in [1.82, 2.24) is 0 Å². The lowest BCUT2D eigenvalue weighted by Crippen LogP contribution is -2.42. The summed E-state index contributed by atoms with van der Waals surface area (Å²) in [5, 5.41) is 57.0. The zero-order valence-corrected chi connectivity index (χ0v) is 29.3. The first-order valence-electron chi connectivity index (χ1n) is 17.3. The van der Waals surface area contributed by atoms with Crippen LogP contribution in [0.2, 0.25) is 0 Å². The van der Waals surface area contributed by atoms with Gasteiger partial charge in [0.05, 0.1) is 49.7 Å². The van der Waals surface area contributed by atoms with Crippen LogP contribution in [-0.2, 0) is 38.2 Å². The average Bonchev–Trinajstić information content (AvgIpc) is 2.98. The number of carbonyl (C=O) groups excluding carboxylic acids is 2. The number of ether oxygens (including phenoxy) is 2. The summed E-state index contributed by atoms with van der Waals surface area (Å²) in [5.41, 5.74) is 5.64. The Hall–Kier alpha value is -3.30. The highest BCUT2D eigenvalue weighted by Gasteiger charge is 2.37. The Morgan fingerprint density at radius 3 is 1.57 bits per heavy atom. The molecule has 0 amide bonds. The van der Waals surface area contributed by atoms with Crippen LogP contribution in [0.5, 0.6) is 0 Å². The third kappa shape index (κ3) is 21.4. The highest BCUT2D eigenvalue weighted by Crippen LogP contribution is 2.29. The van der Waals surface area contributed by atoms with Gasteiger partial charge < -0.3 is 45.8 Å². The van der Waals surface area contributed by atoms with Gasteiger partial charge in [-0.05, 0) is 38.0 Å². The molecule has 0 saturated heterocycles. The van der Waals surface area contributed by atoms with Crippen LogP contribution >= 0.6 is 0 Å². The smallest absolute Gasteiger partial charge is 0.307 e. The molecule has 0 aromatic heterocycles. The number of carboxylic acid groups (broad SMARTS) is 4. The quantitative estimate of drug-likeness (QED) is 0.0328. The monoisotopic (exact) mass is 740 g/mol. The first-order chi connectivity index (χ1) is 22.9. The zero-order chi connectivity index (χ0) is 37.7. The molecule has 0 fully saturated rings. The molecule has 0 aromatic carbocycles. The maximum atomic E-state index is 13.0. The fourth-order valence-electron chi connectivity index (χ4n) is 5.58. The number of nitrogens with two attached hydrogens (primary N) is 1. The molecule has 0 unspecified atom stereocenters. The normalized spacial score (nSPS) is 17.0. The van der Waals surface area contributed by atoms with Crippen LogP contribution in [0.4, 0.5) is 0 Å². The summed E-state index contributed by atoms with van der Waals surface area (Å²) in [6.45, 7) is 7.31. The molecule has 284 valence electrons. The number of carboxylic acids is 4. The van der Waals surface area contributed by atoms with E-state index < -0.39 is 110 Å². The lowest BCUT2D eigenvalue weighted by molar-refractivity contribution is -0.177. The van der Waals surface area contributed by atoms with Crippen molar-refractivity contribution >= 4 is 35.8 Å². The lowest BCUT2D eigenvalue weighted by Gasteiger charge is -2.33. The van der Waals surface area contributed by atoms with Gasteiger partial charge in [0.1, 0.15) is 12.2 Å². The number of hydrogen-bond acceptors (Lipinski definition) is 11. The van der Waals surface area contributed by atoms with Gasteiger partial charge in [-0.2, -0.15) is 0 Å². The van der Waals surface area contributed by atoms with Gasteiger partial charge in [-0.3, -0.25) is 28.8 Å². The van der Waals surface area contributed by atoms with Gasteiger partial charge in [-0.15, -0.1) is 0 Å². The average molecular weight is 740 g/mol. The van der Waals surface area contributed by atoms with Crippen molar-refractivity contribution in [3.8, 4) is 0 Å². The summed E-state index contributed by atoms with van der Waals surface area (Å²) in [6.07, 6.45) is 0.203. The highest BCUT2D eigenvalue weighted by molar-refractivity contribution is 5.83. The maximum Gasteiger partial charge on any atom is 0.307 e. The molecule has 0 radical (unpaired) electrons. The van der Waals surface area contributed by atoms with E-state index in [4.69, 9.17) is 25.4 Å². The number of aliphatic hydroxyl groups is 2. The minimum absolute atomic E-state index is 0.0859. The van der Waals surface area contributed by atoms with Gasteiger partial charge in [0.15, 0.2) is 0 Å². The number of rotatable bonds is 29. The molecular formula is C34H59NO14. The molecule has 15 heteroatoms. The summed E-state index contributed by atoms with van der Waals surface area (Å²) < 4.78 is 11.5. The van der Waals surface area contributed by atoms with Crippen LogP contribution in [0, 0.1) is 23.7 Å². The number of unbranched alkanes of at least 4 members (excludes halogenated alkanes) is 4. The third-order valence-electron chi connectivity index (χ3n) is 8.60. The van der Waals surface area contributed by atoms with E-state index in [9.17, 15) is 49.2 Å². The zero-order valence-electron chi connectivity index (χ0n) is 29.3. The van der Waals surface area contributed by atoms with Crippen molar-refractivity contribution in [1.29, 1.82) is 0 Å². The van der Waals surface area contributed by atoms with Crippen molar-refractivity contribution in [2.75, 3.05) is 0 Å². The van der Waals surface area contributed by atoms with Crippen molar-refractivity contribution in [3.63, 3.8) is 0 Å². The van der Waals surface area contributed by atoms with Crippen LogP contribution in [-0.4, -0.2) is 96.9 Å². The van der Waals surface area contributed by atoms with Crippen LogP contribution < -0.4 is 5.73 Å². The maximum absolute atomic E-state index is 13.0. The molecule has 0 spiro atoms. The molecular weight excluding hydrogens is 680 g/mol. The molecule has 49 heavy (non-hydrogen) atoms. The fourth-order valence-corrected chi connectivity index (χ4v) is 5.58. The van der Waals surface area contributed by atoms with Crippen molar-refractivity contribution in [3.05, 3.63) is 0 Å². The molecule has 0 rings (SSSR count). The van der Waals surface area contributed by atoms with Crippen molar-refractivity contribution < 1.29 is 68.9 Å². The van der Waals surface area contributed by atoms with E-state index in [0.29, 0.717) is 19.3 Å². The molecule has 0 bridgehead atoms.